The molecule has 0 unspecified atom stereocenters. The van der Waals surface area contributed by atoms with Crippen LogP contribution in [0.2, 0.25) is 0 Å². The van der Waals surface area contributed by atoms with E-state index in [2.05, 4.69) is 48.3 Å². The average Bonchev–Trinajstić information content (AvgIpc) is 3.07. The van der Waals surface area contributed by atoms with Crippen LogP contribution in [0, 0.1) is 0 Å². The number of hydrogen-bond donors (Lipinski definition) is 2. The monoisotopic (exact) mass is 390 g/mol. The minimum absolute atomic E-state index is 0. The van der Waals surface area contributed by atoms with Gasteiger partial charge in [0, 0.05) is 11.1 Å². The van der Waals surface area contributed by atoms with Crippen LogP contribution in [0.1, 0.15) is 53.4 Å². The van der Waals surface area contributed by atoms with E-state index < -0.39 is 0 Å². The Hall–Kier alpha value is -0.980. The molecule has 2 heterocycles. The van der Waals surface area contributed by atoms with E-state index in [1.54, 1.807) is 0 Å². The van der Waals surface area contributed by atoms with Crippen molar-refractivity contribution in [2.45, 2.75) is 64.5 Å². The fourth-order valence-electron chi connectivity index (χ4n) is 2.66. The van der Waals surface area contributed by atoms with Crippen molar-refractivity contribution in [3.05, 3.63) is 0 Å². The Morgan fingerprint density at radius 2 is 1.22 bits per heavy atom. The highest BCUT2D eigenvalue weighted by Gasteiger charge is 2.24. The van der Waals surface area contributed by atoms with Crippen LogP contribution in [-0.2, 0) is 9.47 Å². The Balaban J connectivity index is 0.00000264. The third-order valence-corrected chi connectivity index (χ3v) is 3.92. The molecule has 2 aliphatic heterocycles. The summed E-state index contributed by atoms with van der Waals surface area (Å²) in [6, 6.07) is 1.40. The van der Waals surface area contributed by atoms with Crippen molar-refractivity contribution >= 4 is 29.0 Å². The first kappa shape index (κ1) is 20.1. The fraction of sp³-hybridized carbons (Fsp3) is 0.875. The number of nitrogens with one attached hydrogen (secondary N) is 2. The summed E-state index contributed by atoms with van der Waals surface area (Å²) >= 11 is 0. The molecule has 2 rings (SSSR count). The van der Waals surface area contributed by atoms with Gasteiger partial charge in [0.15, 0.2) is 0 Å². The van der Waals surface area contributed by atoms with E-state index in [4.69, 9.17) is 9.47 Å². The minimum Gasteiger partial charge on any atom is -0.463 e. The first-order chi connectivity index (χ1) is 10.4. The first-order valence-corrected chi connectivity index (χ1v) is 8.27. The maximum atomic E-state index is 5.43. The van der Waals surface area contributed by atoms with E-state index in [0.29, 0.717) is 25.3 Å². The third-order valence-electron chi connectivity index (χ3n) is 3.92. The van der Waals surface area contributed by atoms with Gasteiger partial charge in [0.2, 0.25) is 0 Å². The number of halogens is 1. The Bertz CT molecular complexity index is 396. The van der Waals surface area contributed by atoms with Crippen LogP contribution in [0.25, 0.3) is 0 Å². The largest absolute Gasteiger partial charge is 0.463 e. The normalized spacial score (nSPS) is 17.6. The van der Waals surface area contributed by atoms with Gasteiger partial charge in [-0.1, -0.05) is 12.8 Å². The second-order valence-electron chi connectivity index (χ2n) is 7.30. The first-order valence-electron chi connectivity index (χ1n) is 8.27. The number of nitrogens with zero attached hydrogens (tertiary/aromatic N) is 2. The number of ether oxygens (including phenoxy) is 2. The SMILES string of the molecule is Br.CC(C)(CCCCC(C)(C)NC1=NCCO1)NC1=NCCO1. The molecule has 0 radical (unpaired) electrons. The van der Waals surface area contributed by atoms with Gasteiger partial charge in [-0.05, 0) is 40.5 Å². The van der Waals surface area contributed by atoms with E-state index in [9.17, 15) is 0 Å². The Labute approximate surface area is 150 Å². The van der Waals surface area contributed by atoms with Crippen LogP contribution >= 0.6 is 17.0 Å². The molecular weight excluding hydrogens is 360 g/mol. The van der Waals surface area contributed by atoms with Crippen molar-refractivity contribution in [2.75, 3.05) is 26.3 Å². The standard InChI is InChI=1S/C16H30N4O2.BrH/c1-15(2,19-13-17-9-11-21-13)7-5-6-8-16(3,4)20-14-18-10-12-22-14;/h5-12H2,1-4H3,(H,17,19)(H,18,20);1H. The second-order valence-corrected chi connectivity index (χ2v) is 7.30. The lowest BCUT2D eigenvalue weighted by atomic mass is 9.92. The highest BCUT2D eigenvalue weighted by Crippen LogP contribution is 2.19. The molecule has 0 saturated carbocycles. The number of aliphatic imine (C=N–C) groups is 2. The number of unbranched alkanes of at least 4 members (excludes halogenated alkanes) is 1. The van der Waals surface area contributed by atoms with Gasteiger partial charge in [0.1, 0.15) is 13.2 Å². The van der Waals surface area contributed by atoms with Crippen LogP contribution in [0.4, 0.5) is 0 Å². The molecule has 0 aromatic rings. The van der Waals surface area contributed by atoms with Crippen molar-refractivity contribution in [3.8, 4) is 0 Å². The molecule has 0 saturated heterocycles. The molecule has 0 aromatic heterocycles. The van der Waals surface area contributed by atoms with Gasteiger partial charge in [-0.15, -0.1) is 17.0 Å². The zero-order valence-corrected chi connectivity index (χ0v) is 16.5. The summed E-state index contributed by atoms with van der Waals surface area (Å²) in [6.07, 6.45) is 4.49. The maximum absolute atomic E-state index is 5.43. The highest BCUT2D eigenvalue weighted by atomic mass is 79.9. The van der Waals surface area contributed by atoms with E-state index >= 15 is 0 Å². The molecule has 7 heteroatoms. The van der Waals surface area contributed by atoms with Crippen LogP contribution < -0.4 is 10.6 Å². The second kappa shape index (κ2) is 8.76. The Morgan fingerprint density at radius 3 is 1.52 bits per heavy atom. The molecule has 0 fully saturated rings. The molecule has 0 aromatic carbocycles. The average molecular weight is 391 g/mol. The molecule has 2 N–H and O–H groups in total. The fourth-order valence-corrected chi connectivity index (χ4v) is 2.66. The summed E-state index contributed by atoms with van der Waals surface area (Å²) in [7, 11) is 0. The lowest BCUT2D eigenvalue weighted by molar-refractivity contribution is 0.289. The topological polar surface area (TPSA) is 67.2 Å². The van der Waals surface area contributed by atoms with E-state index in [1.165, 1.54) is 0 Å². The quantitative estimate of drug-likeness (QED) is 0.655. The third kappa shape index (κ3) is 7.42. The van der Waals surface area contributed by atoms with Crippen molar-refractivity contribution < 1.29 is 9.47 Å². The summed E-state index contributed by atoms with van der Waals surface area (Å²) in [5.74, 6) is 0. The number of amidine groups is 2. The van der Waals surface area contributed by atoms with Crippen LogP contribution in [0.3, 0.4) is 0 Å². The van der Waals surface area contributed by atoms with Crippen molar-refractivity contribution in [2.24, 2.45) is 9.98 Å². The maximum Gasteiger partial charge on any atom is 0.285 e. The molecule has 0 amide bonds. The summed E-state index contributed by atoms with van der Waals surface area (Å²) in [5, 5.41) is 6.77. The van der Waals surface area contributed by atoms with Crippen molar-refractivity contribution in [1.29, 1.82) is 0 Å². The summed E-state index contributed by atoms with van der Waals surface area (Å²) < 4.78 is 10.9. The van der Waals surface area contributed by atoms with E-state index in [1.807, 2.05) is 0 Å². The molecule has 2 aliphatic rings. The molecule has 0 spiro atoms. The van der Waals surface area contributed by atoms with Crippen LogP contribution in [-0.4, -0.2) is 49.4 Å². The van der Waals surface area contributed by atoms with Crippen molar-refractivity contribution in [1.82, 2.24) is 10.6 Å². The van der Waals surface area contributed by atoms with Crippen LogP contribution in [0.5, 0.6) is 0 Å². The summed E-state index contributed by atoms with van der Waals surface area (Å²) in [5.41, 5.74) is 0.0266. The van der Waals surface area contributed by atoms with Gasteiger partial charge >= 0.3 is 0 Å². The lowest BCUT2D eigenvalue weighted by Gasteiger charge is -2.29. The molecule has 0 aliphatic carbocycles. The zero-order valence-electron chi connectivity index (χ0n) is 14.8. The molecule has 0 atom stereocenters. The highest BCUT2D eigenvalue weighted by molar-refractivity contribution is 8.93. The van der Waals surface area contributed by atoms with E-state index in [-0.39, 0.29) is 28.1 Å². The van der Waals surface area contributed by atoms with Gasteiger partial charge in [0.25, 0.3) is 12.0 Å². The predicted molar refractivity (Wildman–Crippen MR) is 99.7 cm³/mol. The minimum atomic E-state index is 0. The van der Waals surface area contributed by atoms with Crippen molar-refractivity contribution in [3.63, 3.8) is 0 Å². The predicted octanol–water partition coefficient (Wildman–Crippen LogP) is 2.63. The van der Waals surface area contributed by atoms with E-state index in [0.717, 1.165) is 38.8 Å². The lowest BCUT2D eigenvalue weighted by Crippen LogP contribution is -2.44. The molecular formula is C16H31BrN4O2. The van der Waals surface area contributed by atoms with Crippen LogP contribution in [0.15, 0.2) is 9.98 Å². The molecule has 6 nitrogen and oxygen atoms in total. The number of rotatable bonds is 7. The van der Waals surface area contributed by atoms with Gasteiger partial charge in [-0.3, -0.25) is 0 Å². The number of hydrogen-bond acceptors (Lipinski definition) is 6. The Kier molecular flexibility index (Phi) is 7.64. The van der Waals surface area contributed by atoms with Gasteiger partial charge in [-0.2, -0.15) is 0 Å². The molecule has 23 heavy (non-hydrogen) atoms. The van der Waals surface area contributed by atoms with Gasteiger partial charge in [0.05, 0.1) is 13.1 Å². The zero-order chi connectivity index (χ0) is 16.1. The Morgan fingerprint density at radius 1 is 0.826 bits per heavy atom. The smallest absolute Gasteiger partial charge is 0.285 e. The molecule has 0 bridgehead atoms. The summed E-state index contributed by atoms with van der Waals surface area (Å²) in [6.45, 7) is 11.7. The van der Waals surface area contributed by atoms with Gasteiger partial charge < -0.3 is 20.1 Å². The van der Waals surface area contributed by atoms with Gasteiger partial charge in [-0.25, -0.2) is 9.98 Å². The summed E-state index contributed by atoms with van der Waals surface area (Å²) in [4.78, 5) is 8.58. The molecule has 134 valence electrons.